The molecule has 0 aromatic heterocycles. The van der Waals surface area contributed by atoms with Crippen molar-refractivity contribution in [2.45, 2.75) is 45.1 Å². The van der Waals surface area contributed by atoms with Crippen LogP contribution in [-0.2, 0) is 9.59 Å². The van der Waals surface area contributed by atoms with Crippen LogP contribution in [0.4, 0.5) is 0 Å². The van der Waals surface area contributed by atoms with Gasteiger partial charge in [-0.1, -0.05) is 40.9 Å². The fraction of sp³-hybridized carbons (Fsp3) is 0.520. The van der Waals surface area contributed by atoms with Crippen molar-refractivity contribution >= 4 is 33.8 Å². The Morgan fingerprint density at radius 3 is 2.61 bits per heavy atom. The van der Waals surface area contributed by atoms with Crippen molar-refractivity contribution in [3.63, 3.8) is 0 Å². The molecule has 1 aromatic rings. The van der Waals surface area contributed by atoms with Crippen molar-refractivity contribution in [3.8, 4) is 5.75 Å². The summed E-state index contributed by atoms with van der Waals surface area (Å²) >= 11 is 3.42. The number of aliphatic hydroxyl groups excluding tert-OH is 3. The second-order valence-electron chi connectivity index (χ2n) is 8.89. The van der Waals surface area contributed by atoms with Gasteiger partial charge in [0.15, 0.2) is 0 Å². The molecule has 4 atom stereocenters. The quantitative estimate of drug-likeness (QED) is 0.293. The number of carbonyl (C=O) groups is 2. The zero-order valence-electron chi connectivity index (χ0n) is 19.0. The molecule has 0 unspecified atom stereocenters. The number of aliphatic hydroxyl groups is 3. The Balaban J connectivity index is 1.85. The molecular formula is C25H32BrNO6. The Bertz CT molecular complexity index is 972. The van der Waals surface area contributed by atoms with Crippen molar-refractivity contribution in [2.24, 2.45) is 17.8 Å². The number of benzene rings is 1. The van der Waals surface area contributed by atoms with Crippen molar-refractivity contribution < 1.29 is 30.0 Å². The maximum absolute atomic E-state index is 12.7. The minimum absolute atomic E-state index is 0.171. The number of allylic oxidation sites excluding steroid dienone is 1. The van der Waals surface area contributed by atoms with E-state index in [1.807, 2.05) is 12.1 Å². The maximum atomic E-state index is 12.7. The average molecular weight is 522 g/mol. The van der Waals surface area contributed by atoms with Crippen LogP contribution in [0.25, 0.3) is 6.08 Å². The predicted octanol–water partition coefficient (Wildman–Crippen LogP) is 3.01. The van der Waals surface area contributed by atoms with Gasteiger partial charge in [0.2, 0.25) is 11.8 Å². The highest BCUT2D eigenvalue weighted by Crippen LogP contribution is 2.45. The first-order valence-corrected chi connectivity index (χ1v) is 12.1. The summed E-state index contributed by atoms with van der Waals surface area (Å²) in [5, 5.41) is 41.4. The van der Waals surface area contributed by atoms with Crippen LogP contribution in [0.1, 0.15) is 44.6 Å². The Kier molecular flexibility index (Phi) is 8.50. The molecule has 3 rings (SSSR count). The van der Waals surface area contributed by atoms with Crippen LogP contribution in [0, 0.1) is 17.8 Å². The molecule has 1 saturated heterocycles. The average Bonchev–Trinajstić information content (AvgIpc) is 3.02. The molecule has 0 radical (unpaired) electrons. The standard InChI is InChI=1S/C25H32BrNO6/c1-3-4-14(9-15-10-17(26)6-8-20(15)30)5-7-21(31)22-16(12-28)11-18-23(19(22)13-29)25(33)27(2)24(18)32/h6,8-10,18-19,21,23,28-31H,3-5,7,11-13H2,1-2H3/b14-9+/t18-,19+,21-,23-/m1/s1. The summed E-state index contributed by atoms with van der Waals surface area (Å²) in [6, 6.07) is 5.21. The van der Waals surface area contributed by atoms with Crippen LogP contribution in [0.15, 0.2) is 39.4 Å². The number of hydrogen-bond acceptors (Lipinski definition) is 6. The zero-order chi connectivity index (χ0) is 24.3. The molecule has 7 nitrogen and oxygen atoms in total. The number of amides is 2. The van der Waals surface area contributed by atoms with E-state index in [2.05, 4.69) is 22.9 Å². The summed E-state index contributed by atoms with van der Waals surface area (Å²) in [6.07, 6.45) is 3.74. The molecule has 8 heteroatoms. The zero-order valence-corrected chi connectivity index (χ0v) is 20.6. The van der Waals surface area contributed by atoms with Crippen molar-refractivity contribution in [2.75, 3.05) is 20.3 Å². The van der Waals surface area contributed by atoms with Crippen LogP contribution < -0.4 is 0 Å². The molecule has 33 heavy (non-hydrogen) atoms. The van der Waals surface area contributed by atoms with Crippen molar-refractivity contribution in [3.05, 3.63) is 45.0 Å². The number of hydrogen-bond donors (Lipinski definition) is 4. The fourth-order valence-corrected chi connectivity index (χ4v) is 5.57. The van der Waals surface area contributed by atoms with Crippen LogP contribution >= 0.6 is 15.9 Å². The summed E-state index contributed by atoms with van der Waals surface area (Å²) in [5.74, 6) is -2.49. The summed E-state index contributed by atoms with van der Waals surface area (Å²) in [7, 11) is 1.44. The molecule has 1 aliphatic carbocycles. The summed E-state index contributed by atoms with van der Waals surface area (Å²) in [6.45, 7) is 1.34. The van der Waals surface area contributed by atoms with Gasteiger partial charge in [0.05, 0.1) is 31.2 Å². The molecule has 2 amide bonds. The molecule has 0 bridgehead atoms. The van der Waals surface area contributed by atoms with Crippen molar-refractivity contribution in [1.82, 2.24) is 4.90 Å². The van der Waals surface area contributed by atoms with Gasteiger partial charge < -0.3 is 20.4 Å². The van der Waals surface area contributed by atoms with Crippen LogP contribution in [-0.4, -0.2) is 63.5 Å². The second kappa shape index (κ2) is 11.0. The molecule has 0 spiro atoms. The highest BCUT2D eigenvalue weighted by atomic mass is 79.9. The number of rotatable bonds is 9. The summed E-state index contributed by atoms with van der Waals surface area (Å²) in [4.78, 5) is 26.3. The van der Waals surface area contributed by atoms with E-state index in [1.165, 1.54) is 7.05 Å². The van der Waals surface area contributed by atoms with Crippen molar-refractivity contribution in [1.29, 1.82) is 0 Å². The molecule has 180 valence electrons. The van der Waals surface area contributed by atoms with E-state index < -0.39 is 23.9 Å². The SMILES string of the molecule is CCC/C(=C\c1cc(Br)ccc1O)CC[C@@H](O)C1=C(CO)C[C@H]2C(=O)N(C)C(=O)[C@H]2[C@H]1CO. The Labute approximate surface area is 202 Å². The topological polar surface area (TPSA) is 118 Å². The predicted molar refractivity (Wildman–Crippen MR) is 128 cm³/mol. The van der Waals surface area contributed by atoms with Crippen LogP contribution in [0.3, 0.4) is 0 Å². The minimum Gasteiger partial charge on any atom is -0.507 e. The van der Waals surface area contributed by atoms with Crippen LogP contribution in [0.2, 0.25) is 0 Å². The summed E-state index contributed by atoms with van der Waals surface area (Å²) in [5.41, 5.74) is 2.75. The molecule has 0 saturated carbocycles. The molecular weight excluding hydrogens is 490 g/mol. The first-order valence-electron chi connectivity index (χ1n) is 11.3. The lowest BCUT2D eigenvalue weighted by Crippen LogP contribution is -2.39. The lowest BCUT2D eigenvalue weighted by Gasteiger charge is -2.36. The lowest BCUT2D eigenvalue weighted by atomic mass is 9.68. The molecule has 1 heterocycles. The molecule has 1 aliphatic heterocycles. The third-order valence-electron chi connectivity index (χ3n) is 6.81. The van der Waals surface area contributed by atoms with Gasteiger partial charge in [-0.25, -0.2) is 0 Å². The molecule has 1 aromatic carbocycles. The van der Waals surface area contributed by atoms with Gasteiger partial charge in [0.25, 0.3) is 0 Å². The lowest BCUT2D eigenvalue weighted by molar-refractivity contribution is -0.138. The largest absolute Gasteiger partial charge is 0.507 e. The Morgan fingerprint density at radius 2 is 1.97 bits per heavy atom. The molecule has 1 fully saturated rings. The minimum atomic E-state index is -0.963. The number of carbonyl (C=O) groups excluding carboxylic acids is 2. The number of fused-ring (bicyclic) bond motifs is 1. The molecule has 2 aliphatic rings. The third kappa shape index (κ3) is 5.24. The van der Waals surface area contributed by atoms with E-state index in [4.69, 9.17) is 0 Å². The van der Waals surface area contributed by atoms with E-state index >= 15 is 0 Å². The highest BCUT2D eigenvalue weighted by Gasteiger charge is 2.53. The van der Waals surface area contributed by atoms with Gasteiger partial charge in [-0.05, 0) is 55.0 Å². The van der Waals surface area contributed by atoms with Gasteiger partial charge in [-0.2, -0.15) is 0 Å². The van der Waals surface area contributed by atoms with E-state index in [0.717, 1.165) is 27.8 Å². The maximum Gasteiger partial charge on any atom is 0.233 e. The summed E-state index contributed by atoms with van der Waals surface area (Å²) < 4.78 is 0.850. The Morgan fingerprint density at radius 1 is 1.24 bits per heavy atom. The fourth-order valence-electron chi connectivity index (χ4n) is 5.19. The molecule has 4 N–H and O–H groups in total. The van der Waals surface area contributed by atoms with Gasteiger partial charge in [0, 0.05) is 23.0 Å². The van der Waals surface area contributed by atoms with E-state index in [9.17, 15) is 30.0 Å². The normalized spacial score (nSPS) is 24.5. The Hall–Kier alpha value is -2.00. The van der Waals surface area contributed by atoms with Gasteiger partial charge >= 0.3 is 0 Å². The monoisotopic (exact) mass is 521 g/mol. The van der Waals surface area contributed by atoms with E-state index in [-0.39, 0.29) is 37.2 Å². The van der Waals surface area contributed by atoms with E-state index in [0.29, 0.717) is 29.6 Å². The first kappa shape index (κ1) is 25.6. The van der Waals surface area contributed by atoms with Gasteiger partial charge in [-0.3, -0.25) is 14.5 Å². The van der Waals surface area contributed by atoms with Crippen LogP contribution in [0.5, 0.6) is 5.75 Å². The second-order valence-corrected chi connectivity index (χ2v) is 9.80. The first-order chi connectivity index (χ1) is 15.7. The number of halogens is 1. The number of nitrogens with zero attached hydrogens (tertiary/aromatic N) is 1. The highest BCUT2D eigenvalue weighted by molar-refractivity contribution is 9.10. The van der Waals surface area contributed by atoms with E-state index in [1.54, 1.807) is 12.1 Å². The number of phenolic OH excluding ortho intramolecular Hbond substituents is 1. The van der Waals surface area contributed by atoms with Gasteiger partial charge in [-0.15, -0.1) is 0 Å². The third-order valence-corrected chi connectivity index (χ3v) is 7.30. The number of phenols is 1. The van der Waals surface area contributed by atoms with Gasteiger partial charge in [0.1, 0.15) is 5.75 Å². The number of likely N-dealkylation sites (tertiary alicyclic amines) is 1. The number of imide groups is 1. The smallest absolute Gasteiger partial charge is 0.233 e. The number of aromatic hydroxyl groups is 1.